The Morgan fingerprint density at radius 1 is 1.00 bits per heavy atom. The van der Waals surface area contributed by atoms with Gasteiger partial charge in [0.05, 0.1) is 10.5 Å². The van der Waals surface area contributed by atoms with Gasteiger partial charge in [-0.1, -0.05) is 18.2 Å². The Balaban J connectivity index is 1.80. The summed E-state index contributed by atoms with van der Waals surface area (Å²) in [4.78, 5) is 43.9. The highest BCUT2D eigenvalue weighted by atomic mass is 16.6. The van der Waals surface area contributed by atoms with Crippen molar-refractivity contribution in [2.24, 2.45) is 0 Å². The molecule has 31 heavy (non-hydrogen) atoms. The number of non-ortho nitro benzene ring substituents is 1. The third-order valence-corrected chi connectivity index (χ3v) is 5.82. The number of aromatic nitrogens is 1. The van der Waals surface area contributed by atoms with E-state index in [0.29, 0.717) is 27.8 Å². The van der Waals surface area contributed by atoms with E-state index in [9.17, 15) is 19.7 Å². The Morgan fingerprint density at radius 2 is 1.65 bits per heavy atom. The number of anilines is 2. The third kappa shape index (κ3) is 2.61. The molecule has 2 aromatic carbocycles. The Labute approximate surface area is 176 Å². The number of benzene rings is 2. The first-order chi connectivity index (χ1) is 15.0. The van der Waals surface area contributed by atoms with Crippen molar-refractivity contribution in [3.63, 3.8) is 0 Å². The van der Waals surface area contributed by atoms with E-state index in [0.717, 1.165) is 6.54 Å². The number of carbonyl (C=O) groups excluding carboxylic acids is 1. The van der Waals surface area contributed by atoms with Gasteiger partial charge >= 0.3 is 0 Å². The number of nitro benzene ring substituents is 1. The molecule has 2 aliphatic heterocycles. The second kappa shape index (κ2) is 6.66. The van der Waals surface area contributed by atoms with Crippen molar-refractivity contribution in [2.45, 2.75) is 12.5 Å². The minimum atomic E-state index is -1.18. The molecular weight excluding hydrogens is 396 g/mol. The number of pyridine rings is 1. The molecule has 8 heteroatoms. The van der Waals surface area contributed by atoms with Gasteiger partial charge in [0.1, 0.15) is 11.4 Å². The maximum absolute atomic E-state index is 13.9. The molecule has 1 aromatic heterocycles. The Hall–Kier alpha value is -4.20. The number of Topliss-reactive ketones (excluding diaryl/α,β-unsaturated/α-hetero) is 1. The SMILES string of the molecule is CCN1C=CC2(C=C1)C(=O)c1c([nH]c(=O)c3ccccc13)N2c1ccc([N+](=O)[O-])cc1. The van der Waals surface area contributed by atoms with Crippen molar-refractivity contribution in [1.29, 1.82) is 0 Å². The topological polar surface area (TPSA) is 99.6 Å². The molecule has 0 radical (unpaired) electrons. The zero-order chi connectivity index (χ0) is 21.8. The summed E-state index contributed by atoms with van der Waals surface area (Å²) in [6, 6.07) is 13.0. The van der Waals surface area contributed by atoms with E-state index in [1.807, 2.05) is 24.2 Å². The van der Waals surface area contributed by atoms with Crippen LogP contribution in [0.1, 0.15) is 17.3 Å². The van der Waals surface area contributed by atoms with Crippen LogP contribution in [0, 0.1) is 10.1 Å². The van der Waals surface area contributed by atoms with Gasteiger partial charge < -0.3 is 14.8 Å². The van der Waals surface area contributed by atoms with Gasteiger partial charge in [-0.3, -0.25) is 19.7 Å². The maximum Gasteiger partial charge on any atom is 0.269 e. The first-order valence-electron chi connectivity index (χ1n) is 9.85. The number of H-pyrrole nitrogens is 1. The molecule has 0 amide bonds. The van der Waals surface area contributed by atoms with Crippen LogP contribution in [0.4, 0.5) is 17.2 Å². The summed E-state index contributed by atoms with van der Waals surface area (Å²) in [5, 5.41) is 12.1. The average Bonchev–Trinajstić information content (AvgIpc) is 3.02. The van der Waals surface area contributed by atoms with Crippen molar-refractivity contribution in [1.82, 2.24) is 9.88 Å². The highest BCUT2D eigenvalue weighted by Gasteiger charge is 2.51. The fourth-order valence-corrected chi connectivity index (χ4v) is 4.25. The average molecular weight is 414 g/mol. The Kier molecular flexibility index (Phi) is 4.04. The predicted octanol–water partition coefficient (Wildman–Crippen LogP) is 3.87. The highest BCUT2D eigenvalue weighted by Crippen LogP contribution is 2.47. The minimum Gasteiger partial charge on any atom is -0.355 e. The number of aromatic amines is 1. The van der Waals surface area contributed by atoms with Crippen molar-refractivity contribution in [3.8, 4) is 0 Å². The summed E-state index contributed by atoms with van der Waals surface area (Å²) in [5.74, 6) is 0.207. The molecule has 3 heterocycles. The normalized spacial score (nSPS) is 16.4. The van der Waals surface area contributed by atoms with Crippen LogP contribution in [0.25, 0.3) is 10.8 Å². The van der Waals surface area contributed by atoms with Crippen LogP contribution in [0.15, 0.2) is 77.9 Å². The molecule has 0 saturated carbocycles. The van der Waals surface area contributed by atoms with E-state index in [1.54, 1.807) is 53.5 Å². The van der Waals surface area contributed by atoms with Gasteiger partial charge in [0, 0.05) is 47.5 Å². The van der Waals surface area contributed by atoms with E-state index in [1.165, 1.54) is 12.1 Å². The molecule has 1 spiro atoms. The molecule has 8 nitrogen and oxygen atoms in total. The number of hydrogen-bond acceptors (Lipinski definition) is 6. The summed E-state index contributed by atoms with van der Waals surface area (Å²) in [7, 11) is 0. The number of ketones is 1. The van der Waals surface area contributed by atoms with E-state index in [2.05, 4.69) is 4.98 Å². The van der Waals surface area contributed by atoms with Crippen LogP contribution in [0.3, 0.4) is 0 Å². The number of rotatable bonds is 3. The molecule has 0 atom stereocenters. The van der Waals surface area contributed by atoms with Gasteiger partial charge in [0.15, 0.2) is 0 Å². The fraction of sp³-hybridized carbons (Fsp3) is 0.130. The smallest absolute Gasteiger partial charge is 0.269 e. The number of nitrogens with one attached hydrogen (secondary N) is 1. The fourth-order valence-electron chi connectivity index (χ4n) is 4.25. The van der Waals surface area contributed by atoms with Gasteiger partial charge in [-0.2, -0.15) is 0 Å². The van der Waals surface area contributed by atoms with Gasteiger partial charge in [0.25, 0.3) is 11.2 Å². The largest absolute Gasteiger partial charge is 0.355 e. The van der Waals surface area contributed by atoms with E-state index >= 15 is 0 Å². The number of nitro groups is 1. The van der Waals surface area contributed by atoms with Crippen LogP contribution in [-0.4, -0.2) is 32.7 Å². The molecule has 0 unspecified atom stereocenters. The van der Waals surface area contributed by atoms with E-state index in [4.69, 9.17) is 0 Å². The zero-order valence-corrected chi connectivity index (χ0v) is 16.6. The first-order valence-corrected chi connectivity index (χ1v) is 9.85. The first kappa shape index (κ1) is 18.8. The molecule has 2 aliphatic rings. The molecular formula is C23H18N4O4. The molecule has 0 aliphatic carbocycles. The molecule has 1 N–H and O–H groups in total. The van der Waals surface area contributed by atoms with Crippen LogP contribution in [0.5, 0.6) is 0 Å². The molecule has 0 fully saturated rings. The van der Waals surface area contributed by atoms with Gasteiger partial charge in [-0.05, 0) is 37.3 Å². The van der Waals surface area contributed by atoms with Crippen LogP contribution >= 0.6 is 0 Å². The van der Waals surface area contributed by atoms with Gasteiger partial charge in [-0.15, -0.1) is 0 Å². The van der Waals surface area contributed by atoms with E-state index in [-0.39, 0.29) is 17.0 Å². The summed E-state index contributed by atoms with van der Waals surface area (Å²) in [6.07, 6.45) is 7.27. The summed E-state index contributed by atoms with van der Waals surface area (Å²) >= 11 is 0. The molecule has 0 saturated heterocycles. The van der Waals surface area contributed by atoms with Crippen molar-refractivity contribution < 1.29 is 9.72 Å². The zero-order valence-electron chi connectivity index (χ0n) is 16.6. The Bertz CT molecular complexity index is 1340. The van der Waals surface area contributed by atoms with Gasteiger partial charge in [-0.25, -0.2) is 0 Å². The number of fused-ring (bicyclic) bond motifs is 3. The standard InChI is InChI=1S/C23H18N4O4/c1-2-25-13-11-23(12-14-25)20(28)19-17-5-3-4-6-18(17)22(29)24-21(19)26(23)15-7-9-16(10-8-15)27(30)31/h3-14H,2H2,1H3,(H,24,29). The second-order valence-corrected chi connectivity index (χ2v) is 7.45. The molecule has 5 rings (SSSR count). The van der Waals surface area contributed by atoms with Gasteiger partial charge in [0.2, 0.25) is 5.78 Å². The Morgan fingerprint density at radius 3 is 2.26 bits per heavy atom. The highest BCUT2D eigenvalue weighted by molar-refractivity contribution is 6.24. The quantitative estimate of drug-likeness (QED) is 0.516. The number of hydrogen-bond donors (Lipinski definition) is 1. The summed E-state index contributed by atoms with van der Waals surface area (Å²) in [5.41, 5.74) is -0.555. The lowest BCUT2D eigenvalue weighted by molar-refractivity contribution is -0.384. The number of carbonyl (C=O) groups is 1. The number of nitrogens with zero attached hydrogens (tertiary/aromatic N) is 3. The predicted molar refractivity (Wildman–Crippen MR) is 118 cm³/mol. The second-order valence-electron chi connectivity index (χ2n) is 7.45. The van der Waals surface area contributed by atoms with Crippen LogP contribution in [0.2, 0.25) is 0 Å². The lowest BCUT2D eigenvalue weighted by atomic mass is 9.89. The van der Waals surface area contributed by atoms with Crippen molar-refractivity contribution in [3.05, 3.63) is 99.1 Å². The maximum atomic E-state index is 13.9. The van der Waals surface area contributed by atoms with Crippen molar-refractivity contribution in [2.75, 3.05) is 11.4 Å². The third-order valence-electron chi connectivity index (χ3n) is 5.82. The molecule has 3 aromatic rings. The summed E-state index contributed by atoms with van der Waals surface area (Å²) < 4.78 is 0. The summed E-state index contributed by atoms with van der Waals surface area (Å²) in [6.45, 7) is 2.73. The van der Waals surface area contributed by atoms with E-state index < -0.39 is 10.5 Å². The van der Waals surface area contributed by atoms with Crippen LogP contribution in [-0.2, 0) is 0 Å². The molecule has 154 valence electrons. The lowest BCUT2D eigenvalue weighted by Gasteiger charge is -2.36. The molecule has 0 bridgehead atoms. The minimum absolute atomic E-state index is 0.0533. The van der Waals surface area contributed by atoms with Crippen molar-refractivity contribution >= 4 is 33.7 Å². The lowest BCUT2D eigenvalue weighted by Crippen LogP contribution is -2.46. The monoisotopic (exact) mass is 414 g/mol. The van der Waals surface area contributed by atoms with Crippen LogP contribution < -0.4 is 10.5 Å².